The number of esters is 1. The SMILES string of the molecule is COC(=O)c1cc(C=C(C#N)c2ccccn2)oc1C. The molecule has 5 nitrogen and oxygen atoms in total. The number of hydrogen-bond donors (Lipinski definition) is 0. The van der Waals surface area contributed by atoms with Crippen LogP contribution in [0.15, 0.2) is 34.9 Å². The van der Waals surface area contributed by atoms with E-state index < -0.39 is 5.97 Å². The molecule has 0 fully saturated rings. The molecule has 0 N–H and O–H groups in total. The van der Waals surface area contributed by atoms with Gasteiger partial charge in [0, 0.05) is 12.3 Å². The summed E-state index contributed by atoms with van der Waals surface area (Å²) in [7, 11) is 1.30. The van der Waals surface area contributed by atoms with Crippen LogP contribution >= 0.6 is 0 Å². The highest BCUT2D eigenvalue weighted by Crippen LogP contribution is 2.21. The predicted octanol–water partition coefficient (Wildman–Crippen LogP) is 2.83. The molecule has 20 heavy (non-hydrogen) atoms. The highest BCUT2D eigenvalue weighted by atomic mass is 16.5. The third-order valence-corrected chi connectivity index (χ3v) is 2.69. The van der Waals surface area contributed by atoms with E-state index in [-0.39, 0.29) is 0 Å². The van der Waals surface area contributed by atoms with Crippen molar-refractivity contribution in [1.29, 1.82) is 5.26 Å². The fourth-order valence-electron chi connectivity index (χ4n) is 1.72. The number of carbonyl (C=O) groups excluding carboxylic acids is 1. The largest absolute Gasteiger partial charge is 0.465 e. The Morgan fingerprint density at radius 3 is 2.90 bits per heavy atom. The van der Waals surface area contributed by atoms with Gasteiger partial charge in [-0.2, -0.15) is 5.26 Å². The number of rotatable bonds is 3. The maximum absolute atomic E-state index is 11.5. The molecule has 2 rings (SSSR count). The zero-order valence-electron chi connectivity index (χ0n) is 11.1. The van der Waals surface area contributed by atoms with Crippen molar-refractivity contribution in [1.82, 2.24) is 4.98 Å². The Hall–Kier alpha value is -2.87. The lowest BCUT2D eigenvalue weighted by Crippen LogP contribution is -2.00. The number of ether oxygens (including phenoxy) is 1. The lowest BCUT2D eigenvalue weighted by molar-refractivity contribution is 0.0599. The van der Waals surface area contributed by atoms with Crippen LogP contribution in [0.2, 0.25) is 0 Å². The summed E-state index contributed by atoms with van der Waals surface area (Å²) in [4.78, 5) is 15.6. The van der Waals surface area contributed by atoms with Crippen molar-refractivity contribution in [2.24, 2.45) is 0 Å². The molecule has 0 unspecified atom stereocenters. The zero-order chi connectivity index (χ0) is 14.5. The molecule has 0 atom stereocenters. The molecule has 0 bridgehead atoms. The molecular formula is C15H12N2O3. The number of allylic oxidation sites excluding steroid dienone is 1. The smallest absolute Gasteiger partial charge is 0.341 e. The van der Waals surface area contributed by atoms with Crippen LogP contribution in [0, 0.1) is 18.3 Å². The van der Waals surface area contributed by atoms with E-state index in [2.05, 4.69) is 15.8 Å². The maximum atomic E-state index is 11.5. The standard InChI is InChI=1S/C15H12N2O3/c1-10-13(15(18)19-2)8-12(20-10)7-11(9-16)14-5-3-4-6-17-14/h3-8H,1-2H3. The quantitative estimate of drug-likeness (QED) is 0.632. The molecule has 0 aromatic carbocycles. The average Bonchev–Trinajstić information content (AvgIpc) is 2.85. The second-order valence-corrected chi connectivity index (χ2v) is 4.00. The summed E-state index contributed by atoms with van der Waals surface area (Å²) in [6, 6.07) is 8.89. The van der Waals surface area contributed by atoms with Gasteiger partial charge in [-0.05, 0) is 25.1 Å². The van der Waals surface area contributed by atoms with E-state index in [1.165, 1.54) is 7.11 Å². The molecule has 2 aromatic rings. The zero-order valence-corrected chi connectivity index (χ0v) is 11.1. The van der Waals surface area contributed by atoms with Gasteiger partial charge in [0.15, 0.2) is 0 Å². The monoisotopic (exact) mass is 268 g/mol. The van der Waals surface area contributed by atoms with Gasteiger partial charge in [0.05, 0.1) is 18.4 Å². The number of furan rings is 1. The Balaban J connectivity index is 2.40. The molecule has 0 aliphatic carbocycles. The molecule has 0 saturated heterocycles. The van der Waals surface area contributed by atoms with Gasteiger partial charge in [0.2, 0.25) is 0 Å². The number of aromatic nitrogens is 1. The second kappa shape index (κ2) is 5.85. The summed E-state index contributed by atoms with van der Waals surface area (Å²) in [5, 5.41) is 9.18. The van der Waals surface area contributed by atoms with Gasteiger partial charge in [0.1, 0.15) is 23.2 Å². The van der Waals surface area contributed by atoms with E-state index in [4.69, 9.17) is 4.42 Å². The fourth-order valence-corrected chi connectivity index (χ4v) is 1.72. The maximum Gasteiger partial charge on any atom is 0.341 e. The van der Waals surface area contributed by atoms with Crippen LogP contribution in [-0.2, 0) is 4.74 Å². The van der Waals surface area contributed by atoms with E-state index in [0.29, 0.717) is 28.4 Å². The first-order valence-corrected chi connectivity index (χ1v) is 5.87. The van der Waals surface area contributed by atoms with Gasteiger partial charge in [0.25, 0.3) is 0 Å². The van der Waals surface area contributed by atoms with Crippen molar-refractivity contribution in [2.45, 2.75) is 6.92 Å². The summed E-state index contributed by atoms with van der Waals surface area (Å²) in [5.41, 5.74) is 1.25. The molecule has 100 valence electrons. The van der Waals surface area contributed by atoms with Crippen LogP contribution in [0.4, 0.5) is 0 Å². The van der Waals surface area contributed by atoms with Crippen molar-refractivity contribution in [3.63, 3.8) is 0 Å². The van der Waals surface area contributed by atoms with Gasteiger partial charge in [-0.1, -0.05) is 6.07 Å². The number of carbonyl (C=O) groups is 1. The molecule has 0 amide bonds. The first kappa shape index (κ1) is 13.6. The molecule has 2 aromatic heterocycles. The minimum atomic E-state index is -0.470. The Morgan fingerprint density at radius 2 is 2.30 bits per heavy atom. The summed E-state index contributed by atoms with van der Waals surface area (Å²) < 4.78 is 10.1. The van der Waals surface area contributed by atoms with E-state index in [1.54, 1.807) is 43.5 Å². The Bertz CT molecular complexity index is 694. The number of methoxy groups -OCH3 is 1. The Kier molecular flexibility index (Phi) is 3.96. The lowest BCUT2D eigenvalue weighted by Gasteiger charge is -1.95. The van der Waals surface area contributed by atoms with E-state index in [0.717, 1.165) is 0 Å². The summed E-state index contributed by atoms with van der Waals surface area (Å²) in [5.74, 6) is 0.383. The summed E-state index contributed by atoms with van der Waals surface area (Å²) >= 11 is 0. The summed E-state index contributed by atoms with van der Waals surface area (Å²) in [6.45, 7) is 1.66. The first-order chi connectivity index (χ1) is 9.65. The van der Waals surface area contributed by atoms with Crippen molar-refractivity contribution < 1.29 is 13.9 Å². The highest BCUT2D eigenvalue weighted by molar-refractivity contribution is 5.92. The number of pyridine rings is 1. The number of nitrogens with zero attached hydrogens (tertiary/aromatic N) is 2. The van der Waals surface area contributed by atoms with Crippen LogP contribution < -0.4 is 0 Å². The number of hydrogen-bond acceptors (Lipinski definition) is 5. The first-order valence-electron chi connectivity index (χ1n) is 5.87. The second-order valence-electron chi connectivity index (χ2n) is 4.00. The molecular weight excluding hydrogens is 256 g/mol. The third-order valence-electron chi connectivity index (χ3n) is 2.69. The van der Waals surface area contributed by atoms with Crippen LogP contribution in [0.25, 0.3) is 11.6 Å². The van der Waals surface area contributed by atoms with Crippen molar-refractivity contribution >= 4 is 17.6 Å². The van der Waals surface area contributed by atoms with E-state index in [9.17, 15) is 10.1 Å². The third kappa shape index (κ3) is 2.75. The van der Waals surface area contributed by atoms with Gasteiger partial charge >= 0.3 is 5.97 Å². The Morgan fingerprint density at radius 1 is 1.50 bits per heavy atom. The van der Waals surface area contributed by atoms with Crippen LogP contribution in [-0.4, -0.2) is 18.1 Å². The molecule has 0 spiro atoms. The summed E-state index contributed by atoms with van der Waals surface area (Å²) in [6.07, 6.45) is 3.15. The Labute approximate surface area is 116 Å². The van der Waals surface area contributed by atoms with E-state index in [1.807, 2.05) is 0 Å². The van der Waals surface area contributed by atoms with Crippen LogP contribution in [0.1, 0.15) is 27.6 Å². The van der Waals surface area contributed by atoms with Crippen LogP contribution in [0.3, 0.4) is 0 Å². The molecule has 0 aliphatic heterocycles. The van der Waals surface area contributed by atoms with Crippen molar-refractivity contribution in [3.05, 3.63) is 53.2 Å². The molecule has 0 radical (unpaired) electrons. The topological polar surface area (TPSA) is 76.1 Å². The molecule has 0 saturated carbocycles. The van der Waals surface area contributed by atoms with Gasteiger partial charge in [-0.3, -0.25) is 4.98 Å². The fraction of sp³-hybridized carbons (Fsp3) is 0.133. The van der Waals surface area contributed by atoms with Crippen molar-refractivity contribution in [2.75, 3.05) is 7.11 Å². The number of nitriles is 1. The average molecular weight is 268 g/mol. The lowest BCUT2D eigenvalue weighted by atomic mass is 10.1. The normalized spacial score (nSPS) is 10.9. The van der Waals surface area contributed by atoms with Gasteiger partial charge in [-0.25, -0.2) is 4.79 Å². The highest BCUT2D eigenvalue weighted by Gasteiger charge is 2.15. The van der Waals surface area contributed by atoms with Crippen LogP contribution in [0.5, 0.6) is 0 Å². The minimum absolute atomic E-state index is 0.345. The molecule has 5 heteroatoms. The van der Waals surface area contributed by atoms with Gasteiger partial charge < -0.3 is 9.15 Å². The molecule has 2 heterocycles. The van der Waals surface area contributed by atoms with Gasteiger partial charge in [-0.15, -0.1) is 0 Å². The predicted molar refractivity (Wildman–Crippen MR) is 72.5 cm³/mol. The van der Waals surface area contributed by atoms with E-state index >= 15 is 0 Å². The van der Waals surface area contributed by atoms with Crippen molar-refractivity contribution in [3.8, 4) is 6.07 Å². The minimum Gasteiger partial charge on any atom is -0.465 e. The number of aryl methyl sites for hydroxylation is 1. The molecule has 0 aliphatic rings.